The molecule has 0 atom stereocenters. The van der Waals surface area contributed by atoms with Crippen LogP contribution in [0.1, 0.15) is 48.1 Å². The number of carbonyl (C=O) groups excluding carboxylic acids is 2. The molecule has 0 fully saturated rings. The summed E-state index contributed by atoms with van der Waals surface area (Å²) in [5.41, 5.74) is 1.67. The number of nitrogens with zero attached hydrogens (tertiary/aromatic N) is 3. The Morgan fingerprint density at radius 2 is 2.04 bits per heavy atom. The number of pyridine rings is 1. The molecule has 1 amide bonds. The lowest BCUT2D eigenvalue weighted by Gasteiger charge is -2.09. The van der Waals surface area contributed by atoms with Crippen molar-refractivity contribution < 1.29 is 14.3 Å². The molecule has 0 aromatic carbocycles. The van der Waals surface area contributed by atoms with E-state index >= 15 is 0 Å². The van der Waals surface area contributed by atoms with Gasteiger partial charge in [0.1, 0.15) is 0 Å². The van der Waals surface area contributed by atoms with Crippen LogP contribution in [-0.2, 0) is 9.53 Å². The van der Waals surface area contributed by atoms with Crippen molar-refractivity contribution in [3.63, 3.8) is 0 Å². The zero-order valence-electron chi connectivity index (χ0n) is 15.2. The van der Waals surface area contributed by atoms with E-state index in [1.54, 1.807) is 16.8 Å². The first-order valence-electron chi connectivity index (χ1n) is 8.56. The molecule has 0 radical (unpaired) electrons. The second-order valence-electron chi connectivity index (χ2n) is 5.97. The summed E-state index contributed by atoms with van der Waals surface area (Å²) in [6.45, 7) is 6.04. The van der Waals surface area contributed by atoms with Gasteiger partial charge in [0.05, 0.1) is 10.7 Å². The van der Waals surface area contributed by atoms with Crippen LogP contribution >= 0.6 is 11.6 Å². The fourth-order valence-corrected chi connectivity index (χ4v) is 2.59. The molecule has 8 heteroatoms. The Morgan fingerprint density at radius 3 is 2.69 bits per heavy atom. The third kappa shape index (κ3) is 5.29. The zero-order valence-corrected chi connectivity index (χ0v) is 16.0. The van der Waals surface area contributed by atoms with Crippen LogP contribution in [0.2, 0.25) is 5.02 Å². The summed E-state index contributed by atoms with van der Waals surface area (Å²) in [6, 6.07) is 5.12. The van der Waals surface area contributed by atoms with Crippen LogP contribution in [0.15, 0.2) is 18.2 Å². The fourth-order valence-electron chi connectivity index (χ4n) is 2.41. The smallest absolute Gasteiger partial charge is 0.359 e. The van der Waals surface area contributed by atoms with Gasteiger partial charge in [0.15, 0.2) is 18.1 Å². The summed E-state index contributed by atoms with van der Waals surface area (Å²) < 4.78 is 6.64. The van der Waals surface area contributed by atoms with Gasteiger partial charge in [0, 0.05) is 12.2 Å². The molecule has 7 nitrogen and oxygen atoms in total. The number of unbranched alkanes of at least 4 members (excludes halogenated alkanes) is 2. The maximum absolute atomic E-state index is 12.2. The minimum absolute atomic E-state index is 0.0458. The number of aromatic nitrogens is 3. The van der Waals surface area contributed by atoms with E-state index in [9.17, 15) is 9.59 Å². The second kappa shape index (κ2) is 9.33. The Hall–Kier alpha value is -2.41. The van der Waals surface area contributed by atoms with Crippen LogP contribution in [0.3, 0.4) is 0 Å². The van der Waals surface area contributed by atoms with Crippen molar-refractivity contribution in [3.8, 4) is 5.82 Å². The first-order valence-corrected chi connectivity index (χ1v) is 8.94. The zero-order chi connectivity index (χ0) is 19.1. The first-order chi connectivity index (χ1) is 12.4. The number of carbonyl (C=O) groups is 2. The standard InChI is InChI=1S/C18H23ClN4O3/c1-4-5-6-9-20-16(24)11-26-18(25)17-14(19)7-8-15(21-17)23-13(3)10-12(2)22-23/h7-8,10H,4-6,9,11H2,1-3H3,(H,20,24). The molecule has 0 aliphatic rings. The summed E-state index contributed by atoms with van der Waals surface area (Å²) in [5.74, 6) is -0.640. The molecule has 0 unspecified atom stereocenters. The van der Waals surface area contributed by atoms with E-state index in [4.69, 9.17) is 16.3 Å². The molecule has 0 spiro atoms. The average molecular weight is 379 g/mol. The maximum Gasteiger partial charge on any atom is 0.359 e. The number of rotatable bonds is 8. The number of aryl methyl sites for hydroxylation is 2. The quantitative estimate of drug-likeness (QED) is 0.563. The number of ether oxygens (including phenoxy) is 1. The van der Waals surface area contributed by atoms with Gasteiger partial charge < -0.3 is 10.1 Å². The molecule has 0 saturated carbocycles. The Labute approximate surface area is 157 Å². The van der Waals surface area contributed by atoms with Crippen LogP contribution in [-0.4, -0.2) is 39.8 Å². The number of hydrogen-bond donors (Lipinski definition) is 1. The van der Waals surface area contributed by atoms with Crippen LogP contribution < -0.4 is 5.32 Å². The summed E-state index contributed by atoms with van der Waals surface area (Å²) >= 11 is 6.06. The van der Waals surface area contributed by atoms with Gasteiger partial charge in [0.2, 0.25) is 0 Å². The third-order valence-corrected chi connectivity index (χ3v) is 3.99. The highest BCUT2D eigenvalue weighted by Gasteiger charge is 2.17. The Balaban J connectivity index is 2.01. The number of esters is 1. The van der Waals surface area contributed by atoms with Gasteiger partial charge in [-0.2, -0.15) is 5.10 Å². The van der Waals surface area contributed by atoms with E-state index in [0.29, 0.717) is 12.4 Å². The monoisotopic (exact) mass is 378 g/mol. The number of amides is 1. The van der Waals surface area contributed by atoms with Crippen LogP contribution in [0.5, 0.6) is 0 Å². The maximum atomic E-state index is 12.2. The van der Waals surface area contributed by atoms with Gasteiger partial charge in [-0.3, -0.25) is 4.79 Å². The molecule has 140 valence electrons. The SMILES string of the molecule is CCCCCNC(=O)COC(=O)c1nc(-n2nc(C)cc2C)ccc1Cl. The van der Waals surface area contributed by atoms with Crippen molar-refractivity contribution in [3.05, 3.63) is 40.3 Å². The largest absolute Gasteiger partial charge is 0.451 e. The summed E-state index contributed by atoms with van der Waals surface area (Å²) in [7, 11) is 0. The summed E-state index contributed by atoms with van der Waals surface area (Å²) in [6.07, 6.45) is 3.01. The Morgan fingerprint density at radius 1 is 1.27 bits per heavy atom. The van der Waals surface area contributed by atoms with Crippen molar-refractivity contribution in [2.75, 3.05) is 13.2 Å². The van der Waals surface area contributed by atoms with Crippen molar-refractivity contribution in [1.29, 1.82) is 0 Å². The van der Waals surface area contributed by atoms with E-state index in [1.807, 2.05) is 19.9 Å². The van der Waals surface area contributed by atoms with E-state index in [0.717, 1.165) is 30.7 Å². The molecule has 0 aliphatic carbocycles. The average Bonchev–Trinajstić information content (AvgIpc) is 2.95. The molecule has 26 heavy (non-hydrogen) atoms. The fraction of sp³-hybridized carbons (Fsp3) is 0.444. The van der Waals surface area contributed by atoms with Gasteiger partial charge >= 0.3 is 5.97 Å². The number of hydrogen-bond acceptors (Lipinski definition) is 5. The molecule has 2 aromatic rings. The Kier molecular flexibility index (Phi) is 7.15. The van der Waals surface area contributed by atoms with Crippen molar-refractivity contribution in [2.45, 2.75) is 40.0 Å². The van der Waals surface area contributed by atoms with Crippen LogP contribution in [0, 0.1) is 13.8 Å². The minimum Gasteiger partial charge on any atom is -0.451 e. The van der Waals surface area contributed by atoms with Crippen molar-refractivity contribution in [1.82, 2.24) is 20.1 Å². The summed E-state index contributed by atoms with van der Waals surface area (Å²) in [4.78, 5) is 28.2. The van der Waals surface area contributed by atoms with Gasteiger partial charge in [-0.15, -0.1) is 0 Å². The predicted octanol–water partition coefficient (Wildman–Crippen LogP) is 3.00. The molecular weight excluding hydrogens is 356 g/mol. The van der Waals surface area contributed by atoms with Crippen molar-refractivity contribution in [2.24, 2.45) is 0 Å². The molecule has 0 aliphatic heterocycles. The topological polar surface area (TPSA) is 86.1 Å². The van der Waals surface area contributed by atoms with Crippen molar-refractivity contribution >= 4 is 23.5 Å². The van der Waals surface area contributed by atoms with Crippen LogP contribution in [0.25, 0.3) is 5.82 Å². The highest BCUT2D eigenvalue weighted by Crippen LogP contribution is 2.18. The molecule has 0 bridgehead atoms. The van der Waals surface area contributed by atoms with Gasteiger partial charge in [-0.25, -0.2) is 14.5 Å². The highest BCUT2D eigenvalue weighted by molar-refractivity contribution is 6.33. The lowest BCUT2D eigenvalue weighted by atomic mass is 10.2. The van der Waals surface area contributed by atoms with Gasteiger partial charge in [0.25, 0.3) is 5.91 Å². The Bertz CT molecular complexity index is 789. The second-order valence-corrected chi connectivity index (χ2v) is 6.38. The van der Waals surface area contributed by atoms with Gasteiger partial charge in [-0.1, -0.05) is 31.4 Å². The van der Waals surface area contributed by atoms with E-state index in [-0.39, 0.29) is 23.2 Å². The van der Waals surface area contributed by atoms with E-state index in [2.05, 4.69) is 22.3 Å². The lowest BCUT2D eigenvalue weighted by molar-refractivity contribution is -0.124. The molecule has 2 aromatic heterocycles. The minimum atomic E-state index is -0.748. The first kappa shape index (κ1) is 19.9. The third-order valence-electron chi connectivity index (χ3n) is 3.69. The molecule has 1 N–H and O–H groups in total. The normalized spacial score (nSPS) is 10.6. The van der Waals surface area contributed by atoms with E-state index < -0.39 is 5.97 Å². The molecular formula is C18H23ClN4O3. The molecule has 2 heterocycles. The summed E-state index contributed by atoms with van der Waals surface area (Å²) in [5, 5.41) is 7.19. The lowest BCUT2D eigenvalue weighted by Crippen LogP contribution is -2.29. The molecule has 2 rings (SSSR count). The highest BCUT2D eigenvalue weighted by atomic mass is 35.5. The predicted molar refractivity (Wildman–Crippen MR) is 98.7 cm³/mol. The number of halogens is 1. The molecule has 0 saturated heterocycles. The van der Waals surface area contributed by atoms with E-state index in [1.165, 1.54) is 0 Å². The number of nitrogens with one attached hydrogen (secondary N) is 1. The van der Waals surface area contributed by atoms with Crippen LogP contribution in [0.4, 0.5) is 0 Å². The van der Waals surface area contributed by atoms with Gasteiger partial charge in [-0.05, 0) is 38.5 Å².